The fourth-order valence-electron chi connectivity index (χ4n) is 3.51. The second-order valence-corrected chi connectivity index (χ2v) is 8.96. The van der Waals surface area contributed by atoms with E-state index in [9.17, 15) is 18.0 Å². The average molecular weight is 432 g/mol. The molecule has 2 fully saturated rings. The summed E-state index contributed by atoms with van der Waals surface area (Å²) in [5.74, 6) is -1.74. The molecule has 0 aromatic carbocycles. The Kier molecular flexibility index (Phi) is 6.11. The van der Waals surface area contributed by atoms with Gasteiger partial charge in [0.25, 0.3) is 0 Å². The maximum absolute atomic E-state index is 12.6. The Bertz CT molecular complexity index is 835. The summed E-state index contributed by atoms with van der Waals surface area (Å²) < 4.78 is 31.7. The Morgan fingerprint density at radius 2 is 1.96 bits per heavy atom. The first-order valence-electron chi connectivity index (χ1n) is 8.56. The molecule has 0 saturated carbocycles. The van der Waals surface area contributed by atoms with Crippen LogP contribution in [0.5, 0.6) is 0 Å². The third kappa shape index (κ3) is 4.73. The average Bonchev–Trinajstić information content (AvgIpc) is 3.35. The quantitative estimate of drug-likeness (QED) is 0.801. The highest BCUT2D eigenvalue weighted by Crippen LogP contribution is 2.36. The van der Waals surface area contributed by atoms with E-state index in [-0.39, 0.29) is 5.92 Å². The number of amides is 1. The van der Waals surface area contributed by atoms with Crippen molar-refractivity contribution in [3.63, 3.8) is 0 Å². The molecule has 0 unspecified atom stereocenters. The molecule has 2 aliphatic heterocycles. The molecule has 2 aromatic heterocycles. The Balaban J connectivity index is 0.000000279. The van der Waals surface area contributed by atoms with E-state index < -0.39 is 12.1 Å². The normalized spacial score (nSPS) is 22.1. The summed E-state index contributed by atoms with van der Waals surface area (Å²) in [5, 5.41) is 11.2. The minimum absolute atomic E-state index is 0.200. The summed E-state index contributed by atoms with van der Waals surface area (Å²) in [6.45, 7) is 6.00. The number of aliphatic carboxylic acids is 1. The second kappa shape index (κ2) is 8.22. The van der Waals surface area contributed by atoms with Crippen LogP contribution in [-0.4, -0.2) is 47.7 Å². The van der Waals surface area contributed by atoms with Gasteiger partial charge in [0, 0.05) is 47.2 Å². The molecule has 2 saturated heterocycles. The first-order chi connectivity index (χ1) is 13.1. The van der Waals surface area contributed by atoms with Gasteiger partial charge in [-0.15, -0.1) is 11.3 Å². The first-order valence-corrected chi connectivity index (χ1v) is 10.3. The van der Waals surface area contributed by atoms with Gasteiger partial charge < -0.3 is 10.0 Å². The van der Waals surface area contributed by atoms with E-state index in [4.69, 9.17) is 9.90 Å². The zero-order chi connectivity index (χ0) is 20.5. The SMILES string of the molecule is Cc1ccc(CN2C[C@H]3CN(c4ccsc4)C(=O)[C@H]3C2)s1.O=C(O)C(F)(F)F. The number of alkyl halides is 3. The lowest BCUT2D eigenvalue weighted by Crippen LogP contribution is -2.32. The van der Waals surface area contributed by atoms with Gasteiger partial charge >= 0.3 is 12.1 Å². The molecule has 0 spiro atoms. The maximum Gasteiger partial charge on any atom is 0.490 e. The van der Waals surface area contributed by atoms with Crippen LogP contribution in [0.1, 0.15) is 9.75 Å². The molecule has 28 heavy (non-hydrogen) atoms. The number of carboxylic acid groups (broad SMARTS) is 1. The van der Waals surface area contributed by atoms with Crippen LogP contribution in [0.2, 0.25) is 0 Å². The van der Waals surface area contributed by atoms with Crippen molar-refractivity contribution in [3.8, 4) is 0 Å². The number of aryl methyl sites for hydroxylation is 1. The number of carbonyl (C=O) groups is 2. The van der Waals surface area contributed by atoms with E-state index in [1.165, 1.54) is 9.75 Å². The molecular weight excluding hydrogens is 413 g/mol. The van der Waals surface area contributed by atoms with Crippen molar-refractivity contribution in [1.29, 1.82) is 0 Å². The van der Waals surface area contributed by atoms with Crippen molar-refractivity contribution in [1.82, 2.24) is 4.90 Å². The van der Waals surface area contributed by atoms with Gasteiger partial charge in [0.05, 0.1) is 11.6 Å². The molecule has 10 heteroatoms. The molecule has 1 amide bonds. The summed E-state index contributed by atoms with van der Waals surface area (Å²) in [6.07, 6.45) is -5.08. The van der Waals surface area contributed by atoms with Crippen LogP contribution in [0.15, 0.2) is 29.0 Å². The van der Waals surface area contributed by atoms with Crippen molar-refractivity contribution in [2.75, 3.05) is 24.5 Å². The van der Waals surface area contributed by atoms with Gasteiger partial charge in [0.1, 0.15) is 0 Å². The number of likely N-dealkylation sites (tertiary alicyclic amines) is 1. The van der Waals surface area contributed by atoms with Gasteiger partial charge in [-0.25, -0.2) is 4.79 Å². The minimum atomic E-state index is -5.08. The lowest BCUT2D eigenvalue weighted by atomic mass is 10.0. The number of thiophene rings is 2. The number of hydrogen-bond donors (Lipinski definition) is 1. The monoisotopic (exact) mass is 432 g/mol. The molecule has 152 valence electrons. The molecule has 2 aromatic rings. The second-order valence-electron chi connectivity index (χ2n) is 6.81. The summed E-state index contributed by atoms with van der Waals surface area (Å²) >= 11 is 3.52. The van der Waals surface area contributed by atoms with Gasteiger partial charge in [-0.1, -0.05) is 0 Å². The van der Waals surface area contributed by atoms with Crippen LogP contribution in [-0.2, 0) is 16.1 Å². The number of fused-ring (bicyclic) bond motifs is 1. The highest BCUT2D eigenvalue weighted by Gasteiger charge is 2.46. The first kappa shape index (κ1) is 20.8. The zero-order valence-electron chi connectivity index (χ0n) is 15.0. The van der Waals surface area contributed by atoms with Gasteiger partial charge in [-0.3, -0.25) is 9.69 Å². The van der Waals surface area contributed by atoms with Crippen molar-refractivity contribution < 1.29 is 27.9 Å². The van der Waals surface area contributed by atoms with Crippen LogP contribution in [0.25, 0.3) is 0 Å². The molecule has 1 N–H and O–H groups in total. The van der Waals surface area contributed by atoms with Gasteiger partial charge in [-0.2, -0.15) is 24.5 Å². The predicted molar refractivity (Wildman–Crippen MR) is 102 cm³/mol. The number of carboxylic acids is 1. The third-order valence-corrected chi connectivity index (χ3v) is 6.41. The van der Waals surface area contributed by atoms with Gasteiger partial charge in [0.15, 0.2) is 0 Å². The smallest absolute Gasteiger partial charge is 0.475 e. The highest BCUT2D eigenvalue weighted by atomic mass is 32.1. The summed E-state index contributed by atoms with van der Waals surface area (Å²) in [7, 11) is 0. The van der Waals surface area contributed by atoms with Crippen LogP contribution in [0, 0.1) is 18.8 Å². The number of halogens is 3. The minimum Gasteiger partial charge on any atom is -0.475 e. The van der Waals surface area contributed by atoms with Crippen molar-refractivity contribution in [3.05, 3.63) is 38.7 Å². The third-order valence-electron chi connectivity index (χ3n) is 4.75. The summed E-state index contributed by atoms with van der Waals surface area (Å²) in [4.78, 5) is 28.7. The number of anilines is 1. The molecule has 2 atom stereocenters. The van der Waals surface area contributed by atoms with Crippen LogP contribution >= 0.6 is 22.7 Å². The summed E-state index contributed by atoms with van der Waals surface area (Å²) in [5.41, 5.74) is 1.08. The van der Waals surface area contributed by atoms with E-state index in [2.05, 4.69) is 35.4 Å². The van der Waals surface area contributed by atoms with E-state index >= 15 is 0 Å². The number of nitrogens with zero attached hydrogens (tertiary/aromatic N) is 2. The fourth-order valence-corrected chi connectivity index (χ4v) is 5.09. The van der Waals surface area contributed by atoms with Crippen LogP contribution in [0.4, 0.5) is 18.9 Å². The Morgan fingerprint density at radius 1 is 1.25 bits per heavy atom. The molecular formula is C18H19F3N2O3S2. The molecule has 2 aliphatic rings. The number of carbonyl (C=O) groups excluding carboxylic acids is 1. The molecule has 0 aliphatic carbocycles. The van der Waals surface area contributed by atoms with E-state index in [1.807, 2.05) is 21.6 Å². The zero-order valence-corrected chi connectivity index (χ0v) is 16.6. The van der Waals surface area contributed by atoms with Crippen molar-refractivity contribution in [2.45, 2.75) is 19.6 Å². The van der Waals surface area contributed by atoms with Crippen LogP contribution in [0.3, 0.4) is 0 Å². The maximum atomic E-state index is 12.6. The van der Waals surface area contributed by atoms with E-state index in [0.717, 1.165) is 31.9 Å². The Hall–Kier alpha value is -1.91. The largest absolute Gasteiger partial charge is 0.490 e. The molecule has 0 radical (unpaired) electrons. The van der Waals surface area contributed by atoms with Crippen molar-refractivity contribution >= 4 is 40.2 Å². The van der Waals surface area contributed by atoms with E-state index in [0.29, 0.717) is 11.8 Å². The molecule has 4 heterocycles. The molecule has 0 bridgehead atoms. The fraction of sp³-hybridized carbons (Fsp3) is 0.444. The van der Waals surface area contributed by atoms with E-state index in [1.54, 1.807) is 11.3 Å². The van der Waals surface area contributed by atoms with Gasteiger partial charge in [0.2, 0.25) is 5.91 Å². The topological polar surface area (TPSA) is 60.9 Å². The number of rotatable bonds is 3. The molecule has 4 rings (SSSR count). The lowest BCUT2D eigenvalue weighted by Gasteiger charge is -2.20. The molecule has 5 nitrogen and oxygen atoms in total. The number of hydrogen-bond acceptors (Lipinski definition) is 5. The van der Waals surface area contributed by atoms with Crippen LogP contribution < -0.4 is 4.90 Å². The Morgan fingerprint density at radius 3 is 2.46 bits per heavy atom. The van der Waals surface area contributed by atoms with Crippen molar-refractivity contribution in [2.24, 2.45) is 11.8 Å². The Labute approximate surface area is 168 Å². The standard InChI is InChI=1S/C16H18N2OS2.C2HF3O2/c1-11-2-3-14(21-11)8-17-6-12-7-18(13-4-5-20-10-13)16(19)15(12)9-17;3-2(4,5)1(6)7/h2-5,10,12,15H,6-9H2,1H3;(H,6,7)/t12-,15-;/m0./s1. The van der Waals surface area contributed by atoms with Gasteiger partial charge in [-0.05, 0) is 30.5 Å². The predicted octanol–water partition coefficient (Wildman–Crippen LogP) is 3.85. The summed E-state index contributed by atoms with van der Waals surface area (Å²) in [6, 6.07) is 6.45. The lowest BCUT2D eigenvalue weighted by molar-refractivity contribution is -0.192. The highest BCUT2D eigenvalue weighted by molar-refractivity contribution is 7.11.